The molecule has 1 saturated carbocycles. The van der Waals surface area contributed by atoms with Gasteiger partial charge in [0.2, 0.25) is 15.9 Å². The molecule has 1 fully saturated rings. The maximum atomic E-state index is 13.1. The van der Waals surface area contributed by atoms with Gasteiger partial charge < -0.3 is 19.3 Å². The number of amides is 1. The number of methoxy groups -OCH3 is 1. The molecule has 0 aliphatic heterocycles. The number of hydrogen-bond donors (Lipinski definition) is 0. The van der Waals surface area contributed by atoms with Crippen molar-refractivity contribution in [3.63, 3.8) is 0 Å². The van der Waals surface area contributed by atoms with Gasteiger partial charge >= 0.3 is 0 Å². The number of rotatable bonds is 14. The predicted octanol–water partition coefficient (Wildman–Crippen LogP) is 3.17. The molecule has 1 aromatic carbocycles. The van der Waals surface area contributed by atoms with E-state index >= 15 is 0 Å². The van der Waals surface area contributed by atoms with E-state index in [0.717, 1.165) is 19.0 Å². The lowest BCUT2D eigenvalue weighted by Gasteiger charge is -2.22. The summed E-state index contributed by atoms with van der Waals surface area (Å²) in [6.07, 6.45) is 6.12. The lowest BCUT2D eigenvalue weighted by atomic mass is 9.99. The molecular weight excluding hydrogens is 466 g/mol. The Kier molecular flexibility index (Phi) is 11.5. The average molecular weight is 512 g/mol. The highest BCUT2D eigenvalue weighted by molar-refractivity contribution is 7.89. The smallest absolute Gasteiger partial charge is 0.248 e. The van der Waals surface area contributed by atoms with E-state index in [4.69, 9.17) is 9.47 Å². The van der Waals surface area contributed by atoms with E-state index in [1.54, 1.807) is 38.0 Å². The van der Waals surface area contributed by atoms with Gasteiger partial charge in [-0.3, -0.25) is 4.79 Å². The molecule has 0 N–H and O–H groups in total. The second-order valence-electron chi connectivity index (χ2n) is 10.2. The van der Waals surface area contributed by atoms with Crippen LogP contribution in [-0.2, 0) is 19.6 Å². The Labute approximate surface area is 212 Å². The molecular formula is C26H45N3O5S. The fraction of sp³-hybridized carbons (Fsp3) is 0.731. The van der Waals surface area contributed by atoms with Gasteiger partial charge in [0.05, 0.1) is 18.6 Å². The minimum Gasteiger partial charge on any atom is -0.497 e. The molecule has 2 rings (SSSR count). The van der Waals surface area contributed by atoms with Crippen LogP contribution < -0.4 is 4.74 Å². The first-order valence-electron chi connectivity index (χ1n) is 12.5. The Morgan fingerprint density at radius 3 is 2.26 bits per heavy atom. The Hall–Kier alpha value is -1.68. The molecule has 200 valence electrons. The molecule has 0 heterocycles. The summed E-state index contributed by atoms with van der Waals surface area (Å²) >= 11 is 0. The Morgan fingerprint density at radius 2 is 1.66 bits per heavy atom. The SMILES string of the molecule is COc1cc(C)c(S(=O)(=O)N(C)CCOCC(=O)N(C)C[C@@H]2CCC(CCCN(C)C)C2)c(C)c1. The minimum absolute atomic E-state index is 0.0377. The number of ether oxygens (including phenoxy) is 2. The van der Waals surface area contributed by atoms with Gasteiger partial charge in [-0.25, -0.2) is 8.42 Å². The molecule has 1 aliphatic rings. The average Bonchev–Trinajstić information content (AvgIpc) is 3.22. The molecule has 2 atom stereocenters. The number of aryl methyl sites for hydroxylation is 2. The number of sulfonamides is 1. The zero-order valence-electron chi connectivity index (χ0n) is 22.7. The molecule has 8 nitrogen and oxygen atoms in total. The van der Waals surface area contributed by atoms with Crippen LogP contribution in [-0.4, -0.2) is 96.6 Å². The van der Waals surface area contributed by atoms with E-state index in [1.807, 2.05) is 7.05 Å². The summed E-state index contributed by atoms with van der Waals surface area (Å²) in [7, 11) is 5.47. The molecule has 0 radical (unpaired) electrons. The molecule has 1 amide bonds. The molecule has 9 heteroatoms. The third kappa shape index (κ3) is 8.74. The highest BCUT2D eigenvalue weighted by Crippen LogP contribution is 2.34. The van der Waals surface area contributed by atoms with E-state index in [-0.39, 0.29) is 30.6 Å². The quantitative estimate of drug-likeness (QED) is 0.357. The van der Waals surface area contributed by atoms with Crippen LogP contribution in [0.15, 0.2) is 17.0 Å². The summed E-state index contributed by atoms with van der Waals surface area (Å²) < 4.78 is 38.2. The second-order valence-corrected chi connectivity index (χ2v) is 12.2. The van der Waals surface area contributed by atoms with Gasteiger partial charge in [-0.1, -0.05) is 6.42 Å². The number of hydrogen-bond acceptors (Lipinski definition) is 6. The molecule has 1 aliphatic carbocycles. The van der Waals surface area contributed by atoms with E-state index < -0.39 is 10.0 Å². The van der Waals surface area contributed by atoms with Crippen LogP contribution >= 0.6 is 0 Å². The standard InChI is InChI=1S/C26H45N3O5S/c1-20-15-24(33-7)16-21(2)26(20)35(31,32)29(6)13-14-34-19-25(30)28(5)18-23-11-10-22(17-23)9-8-12-27(3)4/h15-16,22-23H,8-14,17-19H2,1-7H3/t22?,23-/m1/s1. The fourth-order valence-corrected chi connectivity index (χ4v) is 6.52. The second kappa shape index (κ2) is 13.6. The van der Waals surface area contributed by atoms with Crippen molar-refractivity contribution in [2.75, 3.05) is 68.1 Å². The van der Waals surface area contributed by atoms with Gasteiger partial charge in [0.1, 0.15) is 12.4 Å². The van der Waals surface area contributed by atoms with Crippen LogP contribution in [0.4, 0.5) is 0 Å². The molecule has 0 spiro atoms. The normalized spacial score (nSPS) is 18.4. The zero-order valence-corrected chi connectivity index (χ0v) is 23.5. The van der Waals surface area contributed by atoms with Crippen molar-refractivity contribution in [2.24, 2.45) is 11.8 Å². The number of benzene rings is 1. The van der Waals surface area contributed by atoms with Crippen molar-refractivity contribution in [1.29, 1.82) is 0 Å². The van der Waals surface area contributed by atoms with Crippen LogP contribution in [0, 0.1) is 25.7 Å². The van der Waals surface area contributed by atoms with Gasteiger partial charge in [0.25, 0.3) is 0 Å². The summed E-state index contributed by atoms with van der Waals surface area (Å²) in [4.78, 5) is 16.8. The maximum absolute atomic E-state index is 13.1. The van der Waals surface area contributed by atoms with Crippen molar-refractivity contribution in [3.8, 4) is 5.75 Å². The first kappa shape index (κ1) is 29.5. The Bertz CT molecular complexity index is 912. The van der Waals surface area contributed by atoms with Gasteiger partial charge in [0.15, 0.2) is 0 Å². The first-order valence-corrected chi connectivity index (χ1v) is 14.0. The molecule has 35 heavy (non-hydrogen) atoms. The third-order valence-corrected chi connectivity index (χ3v) is 9.10. The van der Waals surface area contributed by atoms with Gasteiger partial charge in [-0.15, -0.1) is 0 Å². The third-order valence-electron chi connectivity index (χ3n) is 6.94. The fourth-order valence-electron chi connectivity index (χ4n) is 4.97. The van der Waals surface area contributed by atoms with Crippen molar-refractivity contribution in [2.45, 2.75) is 50.8 Å². The highest BCUT2D eigenvalue weighted by atomic mass is 32.2. The van der Waals surface area contributed by atoms with Crippen molar-refractivity contribution < 1.29 is 22.7 Å². The summed E-state index contributed by atoms with van der Waals surface area (Å²) in [6, 6.07) is 3.43. The minimum atomic E-state index is -3.68. The van der Waals surface area contributed by atoms with E-state index in [9.17, 15) is 13.2 Å². The maximum Gasteiger partial charge on any atom is 0.248 e. The molecule has 0 saturated heterocycles. The van der Waals surface area contributed by atoms with Crippen LogP contribution in [0.5, 0.6) is 5.75 Å². The van der Waals surface area contributed by atoms with Crippen LogP contribution in [0.1, 0.15) is 43.2 Å². The number of carbonyl (C=O) groups excluding carboxylic acids is 1. The number of carbonyl (C=O) groups is 1. The van der Waals surface area contributed by atoms with E-state index in [0.29, 0.717) is 22.8 Å². The monoisotopic (exact) mass is 511 g/mol. The lowest BCUT2D eigenvalue weighted by Crippen LogP contribution is -2.35. The molecule has 0 aromatic heterocycles. The Morgan fingerprint density at radius 1 is 1.03 bits per heavy atom. The topological polar surface area (TPSA) is 79.4 Å². The zero-order chi connectivity index (χ0) is 26.2. The van der Waals surface area contributed by atoms with Gasteiger partial charge in [-0.05, 0) is 95.3 Å². The largest absolute Gasteiger partial charge is 0.497 e. The van der Waals surface area contributed by atoms with E-state index in [2.05, 4.69) is 19.0 Å². The Balaban J connectivity index is 1.74. The van der Waals surface area contributed by atoms with Gasteiger partial charge in [-0.2, -0.15) is 4.31 Å². The van der Waals surface area contributed by atoms with Gasteiger partial charge in [0, 0.05) is 27.2 Å². The predicted molar refractivity (Wildman–Crippen MR) is 139 cm³/mol. The summed E-state index contributed by atoms with van der Waals surface area (Å²) in [5, 5.41) is 0. The van der Waals surface area contributed by atoms with Crippen molar-refractivity contribution in [3.05, 3.63) is 23.3 Å². The summed E-state index contributed by atoms with van der Waals surface area (Å²) in [6.45, 7) is 5.70. The van der Waals surface area contributed by atoms with Crippen LogP contribution in [0.25, 0.3) is 0 Å². The van der Waals surface area contributed by atoms with Crippen LogP contribution in [0.2, 0.25) is 0 Å². The first-order chi connectivity index (χ1) is 16.4. The molecule has 1 unspecified atom stereocenters. The van der Waals surface area contributed by atoms with Crippen molar-refractivity contribution >= 4 is 15.9 Å². The van der Waals surface area contributed by atoms with Crippen molar-refractivity contribution in [1.82, 2.24) is 14.1 Å². The molecule has 1 aromatic rings. The summed E-state index contributed by atoms with van der Waals surface area (Å²) in [5.41, 5.74) is 1.27. The van der Waals surface area contributed by atoms with E-state index in [1.165, 1.54) is 43.5 Å². The summed E-state index contributed by atoms with van der Waals surface area (Å²) in [5.74, 6) is 1.90. The molecule has 0 bridgehead atoms. The highest BCUT2D eigenvalue weighted by Gasteiger charge is 2.27. The van der Waals surface area contributed by atoms with Crippen LogP contribution in [0.3, 0.4) is 0 Å². The number of likely N-dealkylation sites (N-methyl/N-ethyl adjacent to an activating group) is 2. The lowest BCUT2D eigenvalue weighted by molar-refractivity contribution is -0.135. The number of nitrogens with zero attached hydrogens (tertiary/aromatic N) is 3.